The van der Waals surface area contributed by atoms with Crippen molar-refractivity contribution >= 4 is 11.6 Å². The summed E-state index contributed by atoms with van der Waals surface area (Å²) in [5.74, 6) is -2.02. The molecule has 0 aromatic heterocycles. The minimum absolute atomic E-state index is 0.0657. The van der Waals surface area contributed by atoms with Gasteiger partial charge in [-0.25, -0.2) is 4.39 Å². The van der Waals surface area contributed by atoms with Crippen LogP contribution in [0.4, 0.5) is 23.2 Å². The molecule has 168 valence electrons. The number of fused-ring (bicyclic) bond motifs is 2. The Morgan fingerprint density at radius 1 is 1.12 bits per heavy atom. The van der Waals surface area contributed by atoms with Gasteiger partial charge in [-0.2, -0.15) is 13.2 Å². The lowest BCUT2D eigenvalue weighted by Gasteiger charge is -2.25. The van der Waals surface area contributed by atoms with Gasteiger partial charge in [0.2, 0.25) is 12.4 Å². The van der Waals surface area contributed by atoms with Gasteiger partial charge in [0, 0.05) is 23.6 Å². The Morgan fingerprint density at radius 3 is 2.53 bits per heavy atom. The molecule has 0 aliphatic carbocycles. The molecule has 3 aliphatic rings. The van der Waals surface area contributed by atoms with Crippen molar-refractivity contribution < 1.29 is 46.8 Å². The van der Waals surface area contributed by atoms with Gasteiger partial charge in [-0.1, -0.05) is 0 Å². The quantitative estimate of drug-likeness (QED) is 0.695. The van der Waals surface area contributed by atoms with Crippen LogP contribution < -0.4 is 14.4 Å². The standard InChI is InChI=1S/C21H15F4NO6/c22-10-1-3-14-12(5-10)20(29,13-6-16-17(7-15(13)27)31-9-30-16)19(28)26(14)8-11-2-4-18(32-11)21(23,24)25/h1-3,5-7,18,27,29H,4,8-9H2. The predicted molar refractivity (Wildman–Crippen MR) is 99.6 cm³/mol. The second-order valence-electron chi connectivity index (χ2n) is 7.54. The molecule has 32 heavy (non-hydrogen) atoms. The number of aliphatic hydroxyl groups is 1. The summed E-state index contributed by atoms with van der Waals surface area (Å²) in [6.45, 7) is -0.550. The molecule has 7 nitrogen and oxygen atoms in total. The number of nitrogens with zero attached hydrogens (tertiary/aromatic N) is 1. The number of phenolic OH excluding ortho intramolecular Hbond substituents is 1. The zero-order valence-corrected chi connectivity index (χ0v) is 16.1. The first kappa shape index (κ1) is 20.4. The van der Waals surface area contributed by atoms with Gasteiger partial charge in [-0.3, -0.25) is 4.79 Å². The summed E-state index contributed by atoms with van der Waals surface area (Å²) >= 11 is 0. The number of halogens is 4. The Kier molecular flexibility index (Phi) is 4.32. The Balaban J connectivity index is 1.55. The molecule has 0 saturated heterocycles. The van der Waals surface area contributed by atoms with Crippen LogP contribution in [0.15, 0.2) is 42.2 Å². The molecule has 0 spiro atoms. The SMILES string of the molecule is O=C1N(CC2=CCC(C(F)(F)F)O2)c2ccc(F)cc2C1(O)c1cc2c(cc1O)OCO2. The third-order valence-electron chi connectivity index (χ3n) is 5.61. The van der Waals surface area contributed by atoms with Gasteiger partial charge in [0.05, 0.1) is 12.2 Å². The van der Waals surface area contributed by atoms with Crippen LogP contribution in [0, 0.1) is 5.82 Å². The minimum Gasteiger partial charge on any atom is -0.507 e. The number of amides is 1. The number of rotatable bonds is 3. The van der Waals surface area contributed by atoms with Crippen molar-refractivity contribution in [1.29, 1.82) is 0 Å². The van der Waals surface area contributed by atoms with E-state index in [1.807, 2.05) is 0 Å². The highest BCUT2D eigenvalue weighted by atomic mass is 19.4. The van der Waals surface area contributed by atoms with Crippen LogP contribution >= 0.6 is 0 Å². The number of ether oxygens (including phenoxy) is 3. The fraction of sp³-hybridized carbons (Fsp3) is 0.286. The van der Waals surface area contributed by atoms with E-state index < -0.39 is 48.3 Å². The number of phenols is 1. The number of carbonyl (C=O) groups excluding carboxylic acids is 1. The first-order valence-electron chi connectivity index (χ1n) is 9.49. The number of aromatic hydroxyl groups is 1. The van der Waals surface area contributed by atoms with Crippen LogP contribution in [-0.4, -0.2) is 41.7 Å². The van der Waals surface area contributed by atoms with Crippen molar-refractivity contribution in [2.45, 2.75) is 24.3 Å². The Hall–Kier alpha value is -3.47. The lowest BCUT2D eigenvalue weighted by molar-refractivity contribution is -0.202. The molecule has 2 aromatic carbocycles. The molecule has 0 radical (unpaired) electrons. The van der Waals surface area contributed by atoms with Crippen molar-refractivity contribution in [2.24, 2.45) is 0 Å². The van der Waals surface area contributed by atoms with E-state index in [0.29, 0.717) is 0 Å². The van der Waals surface area contributed by atoms with Crippen molar-refractivity contribution in [2.75, 3.05) is 18.2 Å². The third kappa shape index (κ3) is 2.95. The second-order valence-corrected chi connectivity index (χ2v) is 7.54. The van der Waals surface area contributed by atoms with Crippen molar-refractivity contribution in [3.05, 3.63) is 59.1 Å². The second kappa shape index (κ2) is 6.76. The van der Waals surface area contributed by atoms with Crippen LogP contribution in [0.3, 0.4) is 0 Å². The maximum absolute atomic E-state index is 14.1. The summed E-state index contributed by atoms with van der Waals surface area (Å²) in [6, 6.07) is 5.56. The van der Waals surface area contributed by atoms with Crippen LogP contribution in [-0.2, 0) is 15.1 Å². The highest BCUT2D eigenvalue weighted by Crippen LogP contribution is 2.50. The van der Waals surface area contributed by atoms with Gasteiger partial charge >= 0.3 is 6.18 Å². The molecule has 2 N–H and O–H groups in total. The molecule has 3 aliphatic heterocycles. The first-order valence-corrected chi connectivity index (χ1v) is 9.49. The van der Waals surface area contributed by atoms with Crippen molar-refractivity contribution in [1.82, 2.24) is 0 Å². The summed E-state index contributed by atoms with van der Waals surface area (Å²) < 4.78 is 68.2. The molecular weight excluding hydrogens is 438 g/mol. The molecular formula is C21H15F4NO6. The molecule has 0 saturated carbocycles. The molecule has 2 unspecified atom stereocenters. The zero-order valence-electron chi connectivity index (χ0n) is 16.1. The van der Waals surface area contributed by atoms with Crippen LogP contribution in [0.25, 0.3) is 0 Å². The molecule has 5 rings (SSSR count). The van der Waals surface area contributed by atoms with E-state index in [4.69, 9.17) is 14.2 Å². The molecule has 2 atom stereocenters. The normalized spacial score (nSPS) is 23.9. The fourth-order valence-electron chi connectivity index (χ4n) is 4.07. The average molecular weight is 453 g/mol. The summed E-state index contributed by atoms with van der Waals surface area (Å²) in [4.78, 5) is 14.4. The van der Waals surface area contributed by atoms with E-state index >= 15 is 0 Å². The topological polar surface area (TPSA) is 88.5 Å². The lowest BCUT2D eigenvalue weighted by Crippen LogP contribution is -2.42. The summed E-state index contributed by atoms with van der Waals surface area (Å²) in [7, 11) is 0. The Labute approximate surface area is 178 Å². The van der Waals surface area contributed by atoms with Crippen LogP contribution in [0.2, 0.25) is 0 Å². The first-order chi connectivity index (χ1) is 15.1. The fourth-order valence-corrected chi connectivity index (χ4v) is 4.07. The largest absolute Gasteiger partial charge is 0.507 e. The Bertz CT molecular complexity index is 1160. The highest BCUT2D eigenvalue weighted by molar-refractivity contribution is 6.09. The summed E-state index contributed by atoms with van der Waals surface area (Å²) in [5, 5.41) is 22.0. The molecule has 11 heteroatoms. The van der Waals surface area contributed by atoms with Crippen molar-refractivity contribution in [3.63, 3.8) is 0 Å². The third-order valence-corrected chi connectivity index (χ3v) is 5.61. The van der Waals surface area contributed by atoms with E-state index in [1.165, 1.54) is 18.2 Å². The average Bonchev–Trinajstić information content (AvgIpc) is 3.43. The summed E-state index contributed by atoms with van der Waals surface area (Å²) in [6.07, 6.45) is -5.80. The smallest absolute Gasteiger partial charge is 0.425 e. The van der Waals surface area contributed by atoms with Gasteiger partial charge in [0.1, 0.15) is 17.3 Å². The number of carbonyl (C=O) groups is 1. The van der Waals surface area contributed by atoms with E-state index in [1.54, 1.807) is 0 Å². The van der Waals surface area contributed by atoms with Gasteiger partial charge in [0.25, 0.3) is 5.91 Å². The monoisotopic (exact) mass is 453 g/mol. The maximum atomic E-state index is 14.1. The predicted octanol–water partition coefficient (Wildman–Crippen LogP) is 3.08. The lowest BCUT2D eigenvalue weighted by atomic mass is 9.86. The van der Waals surface area contributed by atoms with Crippen molar-refractivity contribution in [3.8, 4) is 17.2 Å². The van der Waals surface area contributed by atoms with Gasteiger partial charge in [-0.15, -0.1) is 0 Å². The number of benzene rings is 2. The number of hydrogen-bond donors (Lipinski definition) is 2. The van der Waals surface area contributed by atoms with Gasteiger partial charge in [-0.05, 0) is 30.3 Å². The number of alkyl halides is 3. The number of anilines is 1. The van der Waals surface area contributed by atoms with E-state index in [2.05, 4.69) is 0 Å². The van der Waals surface area contributed by atoms with E-state index in [0.717, 1.165) is 23.1 Å². The minimum atomic E-state index is -4.58. The van der Waals surface area contributed by atoms with Gasteiger partial charge < -0.3 is 29.3 Å². The molecule has 0 bridgehead atoms. The maximum Gasteiger partial charge on any atom is 0.425 e. The van der Waals surface area contributed by atoms with E-state index in [-0.39, 0.29) is 40.9 Å². The Morgan fingerprint density at radius 2 is 1.84 bits per heavy atom. The number of hydrogen-bond acceptors (Lipinski definition) is 6. The molecule has 1 amide bonds. The molecule has 3 heterocycles. The van der Waals surface area contributed by atoms with Crippen LogP contribution in [0.1, 0.15) is 17.5 Å². The summed E-state index contributed by atoms with van der Waals surface area (Å²) in [5.41, 5.74) is -2.92. The molecule has 0 fully saturated rings. The van der Waals surface area contributed by atoms with Crippen LogP contribution in [0.5, 0.6) is 17.2 Å². The zero-order chi connectivity index (χ0) is 22.8. The van der Waals surface area contributed by atoms with Gasteiger partial charge in [0.15, 0.2) is 17.6 Å². The van der Waals surface area contributed by atoms with E-state index in [9.17, 15) is 32.6 Å². The molecule has 2 aromatic rings. The highest BCUT2D eigenvalue weighted by Gasteiger charge is 2.54.